The quantitative estimate of drug-likeness (QED) is 0.855. The van der Waals surface area contributed by atoms with E-state index in [4.69, 9.17) is 0 Å². The zero-order chi connectivity index (χ0) is 14.8. The first-order chi connectivity index (χ1) is 9.46. The van der Waals surface area contributed by atoms with Gasteiger partial charge in [0.2, 0.25) is 0 Å². The van der Waals surface area contributed by atoms with E-state index in [1.165, 1.54) is 10.4 Å². The molecule has 0 aromatic carbocycles. The van der Waals surface area contributed by atoms with Crippen LogP contribution in [0.5, 0.6) is 0 Å². The van der Waals surface area contributed by atoms with Gasteiger partial charge >= 0.3 is 0 Å². The van der Waals surface area contributed by atoms with Gasteiger partial charge in [0.25, 0.3) is 5.91 Å². The molecule has 0 unspecified atom stereocenters. The van der Waals surface area contributed by atoms with Gasteiger partial charge in [-0.15, -0.1) is 11.3 Å². The van der Waals surface area contributed by atoms with Crippen molar-refractivity contribution in [1.29, 1.82) is 0 Å². The van der Waals surface area contributed by atoms with E-state index in [0.29, 0.717) is 13.1 Å². The van der Waals surface area contributed by atoms with Crippen LogP contribution in [0.15, 0.2) is 6.07 Å². The number of carbonyl (C=O) groups excluding carboxylic acids is 1. The summed E-state index contributed by atoms with van der Waals surface area (Å²) in [5.74, 6) is 0.168. The second kappa shape index (κ2) is 6.26. The molecule has 0 radical (unpaired) electrons. The summed E-state index contributed by atoms with van der Waals surface area (Å²) in [7, 11) is -2.94. The molecular formula is C14H21NO3S2. The first-order valence-electron chi connectivity index (χ1n) is 7.08. The predicted octanol–water partition coefficient (Wildman–Crippen LogP) is 2.13. The zero-order valence-corrected chi connectivity index (χ0v) is 13.6. The SMILES string of the molecule is CCCc1sc(C(=O)N2CCS(=O)(=O)CC2)cc1CC. The molecule has 1 fully saturated rings. The molecule has 0 atom stereocenters. The Labute approximate surface area is 124 Å². The van der Waals surface area contributed by atoms with Gasteiger partial charge in [-0.05, 0) is 24.5 Å². The minimum atomic E-state index is -2.94. The van der Waals surface area contributed by atoms with Gasteiger partial charge in [-0.1, -0.05) is 20.3 Å². The van der Waals surface area contributed by atoms with Crippen LogP contribution < -0.4 is 0 Å². The van der Waals surface area contributed by atoms with Gasteiger partial charge in [-0.25, -0.2) is 8.42 Å². The van der Waals surface area contributed by atoms with Crippen LogP contribution in [-0.4, -0.2) is 43.8 Å². The molecule has 6 heteroatoms. The number of carbonyl (C=O) groups is 1. The molecule has 0 saturated carbocycles. The van der Waals surface area contributed by atoms with E-state index in [-0.39, 0.29) is 17.4 Å². The van der Waals surface area contributed by atoms with Crippen molar-refractivity contribution < 1.29 is 13.2 Å². The van der Waals surface area contributed by atoms with E-state index in [9.17, 15) is 13.2 Å². The number of amides is 1. The molecule has 2 heterocycles. The van der Waals surface area contributed by atoms with E-state index < -0.39 is 9.84 Å². The highest BCUT2D eigenvalue weighted by atomic mass is 32.2. The summed E-state index contributed by atoms with van der Waals surface area (Å²) in [6.07, 6.45) is 3.02. The molecule has 1 amide bonds. The van der Waals surface area contributed by atoms with Crippen molar-refractivity contribution in [2.75, 3.05) is 24.6 Å². The largest absolute Gasteiger partial charge is 0.336 e. The van der Waals surface area contributed by atoms with Crippen LogP contribution in [0, 0.1) is 0 Å². The third kappa shape index (κ3) is 3.41. The Morgan fingerprint density at radius 2 is 1.95 bits per heavy atom. The Kier molecular flexibility index (Phi) is 4.86. The number of rotatable bonds is 4. The van der Waals surface area contributed by atoms with Crippen LogP contribution >= 0.6 is 11.3 Å². The van der Waals surface area contributed by atoms with Gasteiger partial charge in [0, 0.05) is 18.0 Å². The summed E-state index contributed by atoms with van der Waals surface area (Å²) in [6.45, 7) is 4.88. The molecule has 0 N–H and O–H groups in total. The Morgan fingerprint density at radius 1 is 1.30 bits per heavy atom. The fourth-order valence-corrected chi connectivity index (χ4v) is 4.91. The highest BCUT2D eigenvalue weighted by molar-refractivity contribution is 7.91. The van der Waals surface area contributed by atoms with Crippen LogP contribution in [-0.2, 0) is 22.7 Å². The Hall–Kier alpha value is -0.880. The Morgan fingerprint density at radius 3 is 2.50 bits per heavy atom. The van der Waals surface area contributed by atoms with Gasteiger partial charge in [-0.3, -0.25) is 4.79 Å². The van der Waals surface area contributed by atoms with Crippen molar-refractivity contribution in [1.82, 2.24) is 4.90 Å². The van der Waals surface area contributed by atoms with Crippen LogP contribution in [0.3, 0.4) is 0 Å². The van der Waals surface area contributed by atoms with Crippen molar-refractivity contribution in [3.63, 3.8) is 0 Å². The molecule has 1 aliphatic rings. The van der Waals surface area contributed by atoms with Crippen LogP contribution in [0.25, 0.3) is 0 Å². The number of aryl methyl sites for hydroxylation is 2. The summed E-state index contributed by atoms with van der Waals surface area (Å²) < 4.78 is 22.8. The third-order valence-electron chi connectivity index (χ3n) is 3.60. The van der Waals surface area contributed by atoms with E-state index in [2.05, 4.69) is 13.8 Å². The summed E-state index contributed by atoms with van der Waals surface area (Å²) in [5, 5.41) is 0. The van der Waals surface area contributed by atoms with Crippen LogP contribution in [0.2, 0.25) is 0 Å². The van der Waals surface area contributed by atoms with Crippen molar-refractivity contribution >= 4 is 27.1 Å². The van der Waals surface area contributed by atoms with Gasteiger partial charge in [0.15, 0.2) is 9.84 Å². The Bertz CT molecular complexity index is 576. The number of thiophene rings is 1. The normalized spacial score (nSPS) is 18.2. The number of nitrogens with zero attached hydrogens (tertiary/aromatic N) is 1. The number of sulfone groups is 1. The van der Waals surface area contributed by atoms with Gasteiger partial charge in [0.05, 0.1) is 16.4 Å². The summed E-state index contributed by atoms with van der Waals surface area (Å²) >= 11 is 1.57. The molecule has 0 aliphatic carbocycles. The molecule has 2 rings (SSSR count). The number of hydrogen-bond acceptors (Lipinski definition) is 4. The van der Waals surface area contributed by atoms with E-state index in [0.717, 1.165) is 24.1 Å². The predicted molar refractivity (Wildman–Crippen MR) is 82.2 cm³/mol. The van der Waals surface area contributed by atoms with Crippen LogP contribution in [0.1, 0.15) is 40.4 Å². The standard InChI is InChI=1S/C14H21NO3S2/c1-3-5-12-11(4-2)10-13(19-12)14(16)15-6-8-20(17,18)9-7-15/h10H,3-9H2,1-2H3. The van der Waals surface area contributed by atoms with Gasteiger partial charge in [0.1, 0.15) is 0 Å². The third-order valence-corrected chi connectivity index (χ3v) is 6.43. The molecule has 1 aliphatic heterocycles. The van der Waals surface area contributed by atoms with E-state index in [1.807, 2.05) is 6.07 Å². The lowest BCUT2D eigenvalue weighted by Crippen LogP contribution is -2.43. The lowest BCUT2D eigenvalue weighted by Gasteiger charge is -2.26. The molecule has 4 nitrogen and oxygen atoms in total. The second-order valence-corrected chi connectivity index (χ2v) is 8.55. The number of hydrogen-bond donors (Lipinski definition) is 0. The van der Waals surface area contributed by atoms with Crippen molar-refractivity contribution in [3.05, 3.63) is 21.4 Å². The smallest absolute Gasteiger partial charge is 0.263 e. The van der Waals surface area contributed by atoms with Gasteiger partial charge < -0.3 is 4.90 Å². The first-order valence-corrected chi connectivity index (χ1v) is 9.72. The molecule has 0 bridgehead atoms. The molecule has 1 aromatic rings. The van der Waals surface area contributed by atoms with Crippen LogP contribution in [0.4, 0.5) is 0 Å². The zero-order valence-electron chi connectivity index (χ0n) is 12.0. The molecular weight excluding hydrogens is 294 g/mol. The molecule has 20 heavy (non-hydrogen) atoms. The van der Waals surface area contributed by atoms with Crippen molar-refractivity contribution in [2.24, 2.45) is 0 Å². The van der Waals surface area contributed by atoms with Crippen molar-refractivity contribution in [3.8, 4) is 0 Å². The lowest BCUT2D eigenvalue weighted by atomic mass is 10.1. The maximum absolute atomic E-state index is 12.4. The topological polar surface area (TPSA) is 54.5 Å². The Balaban J connectivity index is 2.13. The first kappa shape index (κ1) is 15.5. The van der Waals surface area contributed by atoms with E-state index >= 15 is 0 Å². The highest BCUT2D eigenvalue weighted by Crippen LogP contribution is 2.26. The maximum Gasteiger partial charge on any atom is 0.263 e. The van der Waals surface area contributed by atoms with E-state index in [1.54, 1.807) is 16.2 Å². The van der Waals surface area contributed by atoms with Crippen molar-refractivity contribution in [2.45, 2.75) is 33.1 Å². The molecule has 1 aromatic heterocycles. The monoisotopic (exact) mass is 315 g/mol. The minimum absolute atomic E-state index is 0.0121. The summed E-state index contributed by atoms with van der Waals surface area (Å²) in [4.78, 5) is 16.2. The summed E-state index contributed by atoms with van der Waals surface area (Å²) in [5.41, 5.74) is 1.25. The minimum Gasteiger partial charge on any atom is -0.336 e. The average Bonchev–Trinajstić information content (AvgIpc) is 2.81. The lowest BCUT2D eigenvalue weighted by molar-refractivity contribution is 0.0775. The van der Waals surface area contributed by atoms with Gasteiger partial charge in [-0.2, -0.15) is 0 Å². The second-order valence-electron chi connectivity index (χ2n) is 5.11. The molecule has 1 saturated heterocycles. The fourth-order valence-electron chi connectivity index (χ4n) is 2.38. The molecule has 112 valence electrons. The molecule has 0 spiro atoms. The summed E-state index contributed by atoms with van der Waals surface area (Å²) in [6, 6.07) is 1.99. The fraction of sp³-hybridized carbons (Fsp3) is 0.643. The highest BCUT2D eigenvalue weighted by Gasteiger charge is 2.27. The maximum atomic E-state index is 12.4. The average molecular weight is 315 g/mol.